The Hall–Kier alpha value is -4.22. The van der Waals surface area contributed by atoms with Crippen LogP contribution in [0, 0.1) is 11.3 Å². The van der Waals surface area contributed by atoms with Crippen molar-refractivity contribution in [1.29, 1.82) is 5.26 Å². The van der Waals surface area contributed by atoms with Gasteiger partial charge < -0.3 is 19.8 Å². The van der Waals surface area contributed by atoms with E-state index < -0.39 is 5.92 Å². The average Bonchev–Trinajstić information content (AvgIpc) is 3.49. The standard InChI is InChI=1S/C31H31N3O4S/c1-4-5-9-21-13-15-22(16-14-21)25(35)19-39-31-23(18-32)29(27-12-8-17-38-27)28(20(2)33-31)30(36)34-24-10-6-7-11-26(24)37-3/h6-8,10-17,29,33H,4-5,9,19H2,1-3H3,(H,34,36)/t29-/m1/s1. The lowest BCUT2D eigenvalue weighted by atomic mass is 9.85. The molecule has 0 aliphatic carbocycles. The van der Waals surface area contributed by atoms with Gasteiger partial charge in [-0.15, -0.1) is 0 Å². The lowest BCUT2D eigenvalue weighted by Gasteiger charge is -2.28. The first-order valence-corrected chi connectivity index (χ1v) is 13.8. The molecule has 0 bridgehead atoms. The van der Waals surface area contributed by atoms with Crippen molar-refractivity contribution in [3.05, 3.63) is 106 Å². The number of unbranched alkanes of at least 4 members (excludes halogenated alkanes) is 1. The second kappa shape index (κ2) is 13.0. The summed E-state index contributed by atoms with van der Waals surface area (Å²) in [7, 11) is 1.53. The first kappa shape index (κ1) is 27.8. The van der Waals surface area contributed by atoms with E-state index in [9.17, 15) is 14.9 Å². The Kier molecular flexibility index (Phi) is 9.29. The molecule has 4 rings (SSSR count). The number of dihydropyridines is 1. The van der Waals surface area contributed by atoms with Crippen molar-refractivity contribution in [1.82, 2.24) is 5.32 Å². The Labute approximate surface area is 232 Å². The SMILES string of the molecule is CCCCc1ccc(C(=O)CSC2=C(C#N)[C@H](c3ccco3)C(C(=O)Nc3ccccc3OC)=C(C)N2)cc1. The van der Waals surface area contributed by atoms with E-state index >= 15 is 0 Å². The third-order valence-corrected chi connectivity index (χ3v) is 7.53. The smallest absolute Gasteiger partial charge is 0.254 e. The minimum absolute atomic E-state index is 0.0375. The van der Waals surface area contributed by atoms with Crippen LogP contribution >= 0.6 is 11.8 Å². The fourth-order valence-electron chi connectivity index (χ4n) is 4.46. The summed E-state index contributed by atoms with van der Waals surface area (Å²) in [5.41, 5.74) is 3.59. The molecule has 1 aliphatic rings. The maximum atomic E-state index is 13.6. The maximum Gasteiger partial charge on any atom is 0.254 e. The molecule has 3 aromatic rings. The van der Waals surface area contributed by atoms with E-state index in [0.717, 1.165) is 19.3 Å². The van der Waals surface area contributed by atoms with Crippen LogP contribution in [0.5, 0.6) is 5.75 Å². The monoisotopic (exact) mass is 541 g/mol. The zero-order valence-electron chi connectivity index (χ0n) is 22.2. The molecule has 1 amide bonds. The number of anilines is 1. The van der Waals surface area contributed by atoms with Crippen LogP contribution in [0.4, 0.5) is 5.69 Å². The van der Waals surface area contributed by atoms with Crippen molar-refractivity contribution < 1.29 is 18.7 Å². The summed E-state index contributed by atoms with van der Waals surface area (Å²) < 4.78 is 11.1. The third kappa shape index (κ3) is 6.44. The van der Waals surface area contributed by atoms with Gasteiger partial charge in [-0.1, -0.05) is 61.5 Å². The number of nitrogens with zero attached hydrogens (tertiary/aromatic N) is 1. The summed E-state index contributed by atoms with van der Waals surface area (Å²) in [6, 6.07) is 20.6. The first-order valence-electron chi connectivity index (χ1n) is 12.8. The first-order chi connectivity index (χ1) is 19.0. The Morgan fingerprint density at radius 3 is 2.56 bits per heavy atom. The fourth-order valence-corrected chi connectivity index (χ4v) is 5.45. The van der Waals surface area contributed by atoms with Crippen LogP contribution in [0.3, 0.4) is 0 Å². The number of amides is 1. The number of benzene rings is 2. The van der Waals surface area contributed by atoms with E-state index in [1.807, 2.05) is 30.3 Å². The van der Waals surface area contributed by atoms with Crippen molar-refractivity contribution in [3.63, 3.8) is 0 Å². The molecule has 7 nitrogen and oxygen atoms in total. The second-order valence-electron chi connectivity index (χ2n) is 9.13. The highest BCUT2D eigenvalue weighted by Crippen LogP contribution is 2.41. The van der Waals surface area contributed by atoms with E-state index in [1.165, 1.54) is 30.7 Å². The van der Waals surface area contributed by atoms with E-state index in [1.54, 1.807) is 37.3 Å². The van der Waals surface area contributed by atoms with Crippen molar-refractivity contribution >= 4 is 29.1 Å². The zero-order valence-corrected chi connectivity index (χ0v) is 23.1. The van der Waals surface area contributed by atoms with E-state index in [0.29, 0.717) is 44.6 Å². The molecular formula is C31H31N3O4S. The zero-order chi connectivity index (χ0) is 27.8. The van der Waals surface area contributed by atoms with Crippen LogP contribution in [0.2, 0.25) is 0 Å². The molecule has 39 heavy (non-hydrogen) atoms. The van der Waals surface area contributed by atoms with Gasteiger partial charge in [0.1, 0.15) is 11.5 Å². The molecule has 2 N–H and O–H groups in total. The molecule has 2 aromatic carbocycles. The Morgan fingerprint density at radius 1 is 1.13 bits per heavy atom. The largest absolute Gasteiger partial charge is 0.495 e. The highest BCUT2D eigenvalue weighted by atomic mass is 32.2. The van der Waals surface area contributed by atoms with Gasteiger partial charge in [0, 0.05) is 11.3 Å². The number of methoxy groups -OCH3 is 1. The molecule has 1 aliphatic heterocycles. The Balaban J connectivity index is 1.58. The molecule has 8 heteroatoms. The number of hydrogen-bond acceptors (Lipinski definition) is 7. The number of carbonyl (C=O) groups excluding carboxylic acids is 2. The lowest BCUT2D eigenvalue weighted by molar-refractivity contribution is -0.113. The van der Waals surface area contributed by atoms with Crippen molar-refractivity contribution in [2.75, 3.05) is 18.2 Å². The number of rotatable bonds is 11. The number of ether oxygens (including phenoxy) is 1. The van der Waals surface area contributed by atoms with Gasteiger partial charge in [-0.3, -0.25) is 9.59 Å². The van der Waals surface area contributed by atoms with Crippen LogP contribution in [0.15, 0.2) is 93.2 Å². The minimum atomic E-state index is -0.739. The molecule has 1 aromatic heterocycles. The van der Waals surface area contributed by atoms with Crippen LogP contribution < -0.4 is 15.4 Å². The van der Waals surface area contributed by atoms with Crippen LogP contribution in [0.1, 0.15) is 54.3 Å². The van der Waals surface area contributed by atoms with E-state index in [4.69, 9.17) is 9.15 Å². The lowest BCUT2D eigenvalue weighted by Crippen LogP contribution is -2.30. The average molecular weight is 542 g/mol. The maximum absolute atomic E-state index is 13.6. The molecule has 2 heterocycles. The topological polar surface area (TPSA) is 104 Å². The van der Waals surface area contributed by atoms with Gasteiger partial charge in [0.15, 0.2) is 5.78 Å². The molecule has 0 unspecified atom stereocenters. The molecule has 0 saturated carbocycles. The molecular weight excluding hydrogens is 510 g/mol. The van der Waals surface area contributed by atoms with Gasteiger partial charge in [0.2, 0.25) is 0 Å². The van der Waals surface area contributed by atoms with Gasteiger partial charge in [-0.2, -0.15) is 5.26 Å². The molecule has 0 spiro atoms. The van der Waals surface area contributed by atoms with Gasteiger partial charge >= 0.3 is 0 Å². The number of thioether (sulfide) groups is 1. The number of para-hydroxylation sites is 2. The number of hydrogen-bond donors (Lipinski definition) is 2. The summed E-state index contributed by atoms with van der Waals surface area (Å²) in [6.07, 6.45) is 4.74. The number of carbonyl (C=O) groups is 2. The Bertz CT molecular complexity index is 1430. The fraction of sp³-hybridized carbons (Fsp3) is 0.258. The predicted octanol–water partition coefficient (Wildman–Crippen LogP) is 6.58. The second-order valence-corrected chi connectivity index (χ2v) is 10.1. The number of furan rings is 1. The number of aryl methyl sites for hydroxylation is 1. The summed E-state index contributed by atoms with van der Waals surface area (Å²) in [5, 5.41) is 16.8. The minimum Gasteiger partial charge on any atom is -0.495 e. The molecule has 200 valence electrons. The molecule has 0 saturated heterocycles. The van der Waals surface area contributed by atoms with Crippen molar-refractivity contribution in [2.24, 2.45) is 0 Å². The van der Waals surface area contributed by atoms with E-state index in [-0.39, 0.29) is 17.4 Å². The van der Waals surface area contributed by atoms with Gasteiger partial charge in [-0.05, 0) is 49.6 Å². The summed E-state index contributed by atoms with van der Waals surface area (Å²) >= 11 is 1.25. The number of allylic oxidation sites excluding steroid dienone is 2. The summed E-state index contributed by atoms with van der Waals surface area (Å²) in [4.78, 5) is 26.5. The molecule has 0 fully saturated rings. The van der Waals surface area contributed by atoms with Gasteiger partial charge in [0.25, 0.3) is 5.91 Å². The van der Waals surface area contributed by atoms with Crippen LogP contribution in [-0.4, -0.2) is 24.6 Å². The Morgan fingerprint density at radius 2 is 1.90 bits per heavy atom. The number of Topliss-reactive ketones (excluding diaryl/α,β-unsaturated/α-hetero) is 1. The van der Waals surface area contributed by atoms with Gasteiger partial charge in [0.05, 0.1) is 53.0 Å². The van der Waals surface area contributed by atoms with Crippen LogP contribution in [-0.2, 0) is 11.2 Å². The highest BCUT2D eigenvalue weighted by molar-refractivity contribution is 8.03. The van der Waals surface area contributed by atoms with E-state index in [2.05, 4.69) is 23.6 Å². The summed E-state index contributed by atoms with van der Waals surface area (Å²) in [6.45, 7) is 3.93. The quantitative estimate of drug-likeness (QED) is 0.264. The van der Waals surface area contributed by atoms with Crippen LogP contribution in [0.25, 0.3) is 0 Å². The molecule has 0 radical (unpaired) electrons. The predicted molar refractivity (Wildman–Crippen MR) is 153 cm³/mol. The highest BCUT2D eigenvalue weighted by Gasteiger charge is 2.36. The third-order valence-electron chi connectivity index (χ3n) is 6.52. The number of ketones is 1. The normalized spacial score (nSPS) is 15.0. The van der Waals surface area contributed by atoms with Gasteiger partial charge in [-0.25, -0.2) is 0 Å². The van der Waals surface area contributed by atoms with Crippen molar-refractivity contribution in [3.8, 4) is 11.8 Å². The number of nitriles is 1. The molecule has 1 atom stereocenters. The van der Waals surface area contributed by atoms with Crippen molar-refractivity contribution in [2.45, 2.75) is 39.0 Å². The number of nitrogens with one attached hydrogen (secondary N) is 2. The summed E-state index contributed by atoms with van der Waals surface area (Å²) in [5.74, 6) is -0.0397.